The Balaban J connectivity index is 1.98. The maximum absolute atomic E-state index is 12.0. The van der Waals surface area contributed by atoms with Crippen LogP contribution in [0.3, 0.4) is 0 Å². The number of amides is 1. The number of ether oxygens (including phenoxy) is 1. The molecule has 0 aromatic carbocycles. The van der Waals surface area contributed by atoms with Crippen LogP contribution < -0.4 is 0 Å². The molecule has 2 heterocycles. The second-order valence-electron chi connectivity index (χ2n) is 4.28. The van der Waals surface area contributed by atoms with Gasteiger partial charge in [-0.3, -0.25) is 4.79 Å². The van der Waals surface area contributed by atoms with Crippen LogP contribution in [0.1, 0.15) is 10.4 Å². The third-order valence-corrected chi connectivity index (χ3v) is 3.92. The van der Waals surface area contributed by atoms with Crippen LogP contribution in [0, 0.1) is 6.92 Å². The van der Waals surface area contributed by atoms with Crippen LogP contribution in [0.4, 0.5) is 0 Å². The molecule has 102 valence electrons. The number of hydrogen-bond donors (Lipinski definition) is 1. The van der Waals surface area contributed by atoms with Crippen molar-refractivity contribution in [1.29, 1.82) is 0 Å². The Morgan fingerprint density at radius 3 is 3.00 bits per heavy atom. The standard InChI is InChI=1S/C13H15NO4S/c1-9-4-7-19-11(9)2-3-12(15)14-5-6-18-10(8-14)13(16)17/h2-4,7,10H,5-6,8H2,1H3,(H,16,17). The minimum absolute atomic E-state index is 0.0991. The zero-order valence-electron chi connectivity index (χ0n) is 10.5. The van der Waals surface area contributed by atoms with E-state index in [9.17, 15) is 9.59 Å². The fourth-order valence-electron chi connectivity index (χ4n) is 1.81. The van der Waals surface area contributed by atoms with E-state index < -0.39 is 12.1 Å². The highest BCUT2D eigenvalue weighted by atomic mass is 32.1. The van der Waals surface area contributed by atoms with Gasteiger partial charge in [-0.25, -0.2) is 4.79 Å². The van der Waals surface area contributed by atoms with Crippen molar-refractivity contribution in [3.63, 3.8) is 0 Å². The predicted octanol–water partition coefficient (Wildman–Crippen LogP) is 1.38. The smallest absolute Gasteiger partial charge is 0.334 e. The number of aliphatic carboxylic acids is 1. The summed E-state index contributed by atoms with van der Waals surface area (Å²) in [5, 5.41) is 10.8. The topological polar surface area (TPSA) is 66.8 Å². The molecule has 0 aliphatic carbocycles. The SMILES string of the molecule is Cc1ccsc1C=CC(=O)N1CCOC(C(=O)O)C1. The first-order chi connectivity index (χ1) is 9.08. The lowest BCUT2D eigenvalue weighted by Crippen LogP contribution is -2.48. The number of carbonyl (C=O) groups is 2. The van der Waals surface area contributed by atoms with Gasteiger partial charge in [0.2, 0.25) is 5.91 Å². The molecule has 5 nitrogen and oxygen atoms in total. The zero-order valence-corrected chi connectivity index (χ0v) is 11.4. The Morgan fingerprint density at radius 1 is 1.58 bits per heavy atom. The normalized spacial score (nSPS) is 19.8. The lowest BCUT2D eigenvalue weighted by atomic mass is 10.2. The van der Waals surface area contributed by atoms with Gasteiger partial charge in [0.1, 0.15) is 0 Å². The minimum atomic E-state index is -1.03. The quantitative estimate of drug-likeness (QED) is 0.850. The minimum Gasteiger partial charge on any atom is -0.479 e. The lowest BCUT2D eigenvalue weighted by molar-refractivity contribution is -0.158. The van der Waals surface area contributed by atoms with E-state index in [2.05, 4.69) is 0 Å². The summed E-state index contributed by atoms with van der Waals surface area (Å²) in [7, 11) is 0. The number of rotatable bonds is 3. The van der Waals surface area contributed by atoms with Crippen LogP contribution in [0.2, 0.25) is 0 Å². The van der Waals surface area contributed by atoms with Gasteiger partial charge in [-0.05, 0) is 30.0 Å². The number of carbonyl (C=O) groups excluding carboxylic acids is 1. The monoisotopic (exact) mass is 281 g/mol. The summed E-state index contributed by atoms with van der Waals surface area (Å²) in [4.78, 5) is 25.3. The molecule has 1 N–H and O–H groups in total. The van der Waals surface area contributed by atoms with Gasteiger partial charge in [0.05, 0.1) is 13.2 Å². The molecule has 2 rings (SSSR count). The van der Waals surface area contributed by atoms with Gasteiger partial charge in [0.25, 0.3) is 0 Å². The van der Waals surface area contributed by atoms with Crippen molar-refractivity contribution in [1.82, 2.24) is 4.90 Å². The molecule has 6 heteroatoms. The molecule has 1 fully saturated rings. The number of thiophene rings is 1. The molecule has 1 unspecified atom stereocenters. The van der Waals surface area contributed by atoms with Gasteiger partial charge in [-0.1, -0.05) is 0 Å². The molecule has 0 bridgehead atoms. The maximum atomic E-state index is 12.0. The van der Waals surface area contributed by atoms with Crippen molar-refractivity contribution in [2.75, 3.05) is 19.7 Å². The highest BCUT2D eigenvalue weighted by molar-refractivity contribution is 7.11. The third kappa shape index (κ3) is 3.42. The number of nitrogens with zero attached hydrogens (tertiary/aromatic N) is 1. The molecule has 1 aromatic heterocycles. The van der Waals surface area contributed by atoms with E-state index in [1.165, 1.54) is 11.0 Å². The first-order valence-corrected chi connectivity index (χ1v) is 6.81. The first-order valence-electron chi connectivity index (χ1n) is 5.93. The van der Waals surface area contributed by atoms with Gasteiger partial charge < -0.3 is 14.7 Å². The third-order valence-electron chi connectivity index (χ3n) is 2.93. The Hall–Kier alpha value is -1.66. The number of carboxylic acid groups (broad SMARTS) is 1. The maximum Gasteiger partial charge on any atom is 0.334 e. The molecule has 0 spiro atoms. The molecule has 1 atom stereocenters. The molecule has 1 aliphatic rings. The molecule has 1 amide bonds. The second kappa shape index (κ2) is 5.99. The fourth-order valence-corrected chi connectivity index (χ4v) is 2.63. The molecule has 1 aliphatic heterocycles. The van der Waals surface area contributed by atoms with Crippen molar-refractivity contribution < 1.29 is 19.4 Å². The molecule has 1 aromatic rings. The van der Waals surface area contributed by atoms with Crippen molar-refractivity contribution in [3.8, 4) is 0 Å². The van der Waals surface area contributed by atoms with Crippen molar-refractivity contribution >= 4 is 29.3 Å². The van der Waals surface area contributed by atoms with Crippen LogP contribution in [-0.2, 0) is 14.3 Å². The fraction of sp³-hybridized carbons (Fsp3) is 0.385. The van der Waals surface area contributed by atoms with E-state index in [1.54, 1.807) is 17.4 Å². The van der Waals surface area contributed by atoms with Gasteiger partial charge in [-0.2, -0.15) is 0 Å². The van der Waals surface area contributed by atoms with Gasteiger partial charge in [-0.15, -0.1) is 11.3 Å². The van der Waals surface area contributed by atoms with Crippen molar-refractivity contribution in [2.24, 2.45) is 0 Å². The van der Waals surface area contributed by atoms with Crippen LogP contribution >= 0.6 is 11.3 Å². The summed E-state index contributed by atoms with van der Waals surface area (Å²) in [6, 6.07) is 1.99. The van der Waals surface area contributed by atoms with E-state index in [1.807, 2.05) is 18.4 Å². The summed E-state index contributed by atoms with van der Waals surface area (Å²) in [6.45, 7) is 2.77. The Bertz CT molecular complexity index is 508. The van der Waals surface area contributed by atoms with Gasteiger partial charge in [0, 0.05) is 17.5 Å². The Labute approximate surface area is 115 Å². The van der Waals surface area contributed by atoms with Crippen molar-refractivity contribution in [2.45, 2.75) is 13.0 Å². The van der Waals surface area contributed by atoms with Crippen LogP contribution in [0.15, 0.2) is 17.5 Å². The summed E-state index contributed by atoms with van der Waals surface area (Å²) in [5.74, 6) is -1.21. The molecular weight excluding hydrogens is 266 g/mol. The van der Waals surface area contributed by atoms with Crippen LogP contribution in [0.25, 0.3) is 6.08 Å². The predicted molar refractivity (Wildman–Crippen MR) is 72.0 cm³/mol. The average molecular weight is 281 g/mol. The van der Waals surface area contributed by atoms with Crippen LogP contribution in [0.5, 0.6) is 0 Å². The summed E-state index contributed by atoms with van der Waals surface area (Å²) < 4.78 is 5.07. The zero-order chi connectivity index (χ0) is 13.8. The first kappa shape index (κ1) is 13.8. The summed E-state index contributed by atoms with van der Waals surface area (Å²) >= 11 is 1.57. The van der Waals surface area contributed by atoms with E-state index in [0.717, 1.165) is 10.4 Å². The largest absolute Gasteiger partial charge is 0.479 e. The summed E-state index contributed by atoms with van der Waals surface area (Å²) in [5.41, 5.74) is 1.12. The molecule has 0 radical (unpaired) electrons. The highest BCUT2D eigenvalue weighted by Crippen LogP contribution is 2.17. The van der Waals surface area contributed by atoms with E-state index in [0.29, 0.717) is 6.54 Å². The van der Waals surface area contributed by atoms with E-state index in [-0.39, 0.29) is 19.1 Å². The van der Waals surface area contributed by atoms with E-state index in [4.69, 9.17) is 9.84 Å². The van der Waals surface area contributed by atoms with E-state index >= 15 is 0 Å². The lowest BCUT2D eigenvalue weighted by Gasteiger charge is -2.30. The number of morpholine rings is 1. The summed E-state index contributed by atoms with van der Waals surface area (Å²) in [6.07, 6.45) is 2.34. The molecule has 0 saturated carbocycles. The molecular formula is C13H15NO4S. The van der Waals surface area contributed by atoms with Crippen LogP contribution in [-0.4, -0.2) is 47.7 Å². The molecule has 19 heavy (non-hydrogen) atoms. The number of hydrogen-bond acceptors (Lipinski definition) is 4. The molecule has 1 saturated heterocycles. The average Bonchev–Trinajstić information content (AvgIpc) is 2.81. The van der Waals surface area contributed by atoms with Gasteiger partial charge in [0.15, 0.2) is 6.10 Å². The van der Waals surface area contributed by atoms with Crippen molar-refractivity contribution in [3.05, 3.63) is 28.0 Å². The Morgan fingerprint density at radius 2 is 2.37 bits per heavy atom. The second-order valence-corrected chi connectivity index (χ2v) is 5.23. The number of aryl methyl sites for hydroxylation is 1. The van der Waals surface area contributed by atoms with Gasteiger partial charge >= 0.3 is 5.97 Å². The highest BCUT2D eigenvalue weighted by Gasteiger charge is 2.27. The number of carboxylic acids is 1. The Kier molecular flexibility index (Phi) is 4.34.